The van der Waals surface area contributed by atoms with Crippen molar-refractivity contribution in [1.29, 1.82) is 0 Å². The lowest BCUT2D eigenvalue weighted by Crippen LogP contribution is -2.04. The summed E-state index contributed by atoms with van der Waals surface area (Å²) in [6, 6.07) is 9.78. The van der Waals surface area contributed by atoms with Crippen LogP contribution in [0.2, 0.25) is 0 Å². The molecule has 0 heterocycles. The molecule has 3 nitrogen and oxygen atoms in total. The molecule has 0 spiro atoms. The summed E-state index contributed by atoms with van der Waals surface area (Å²) in [4.78, 5) is 0. The largest absolute Gasteiger partial charge is 0.508 e. The lowest BCUT2D eigenvalue weighted by atomic mass is 10.1. The maximum atomic E-state index is 13.2. The van der Waals surface area contributed by atoms with Crippen LogP contribution in [0.15, 0.2) is 36.4 Å². The second kappa shape index (κ2) is 6.97. The number of phenolic OH excluding ortho intramolecular Hbond substituents is 1. The molecule has 0 amide bonds. The van der Waals surface area contributed by atoms with Crippen LogP contribution in [-0.4, -0.2) is 11.7 Å². The molecule has 4 heteroatoms. The summed E-state index contributed by atoms with van der Waals surface area (Å²) in [6.45, 7) is 5.02. The third kappa shape index (κ3) is 4.12. The van der Waals surface area contributed by atoms with Crippen LogP contribution >= 0.6 is 0 Å². The van der Waals surface area contributed by atoms with Crippen LogP contribution in [0.5, 0.6) is 11.5 Å². The fourth-order valence-corrected chi connectivity index (χ4v) is 1.99. The molecule has 0 atom stereocenters. The van der Waals surface area contributed by atoms with Crippen molar-refractivity contribution in [2.24, 2.45) is 0 Å². The van der Waals surface area contributed by atoms with Gasteiger partial charge in [-0.05, 0) is 49.2 Å². The van der Waals surface area contributed by atoms with Crippen molar-refractivity contribution in [2.75, 3.05) is 11.9 Å². The van der Waals surface area contributed by atoms with Crippen LogP contribution in [0.25, 0.3) is 0 Å². The molecular weight excluding hydrogens is 269 g/mol. The van der Waals surface area contributed by atoms with Gasteiger partial charge in [-0.15, -0.1) is 0 Å². The van der Waals surface area contributed by atoms with Crippen molar-refractivity contribution >= 4 is 5.69 Å². The average Bonchev–Trinajstić information content (AvgIpc) is 2.47. The maximum Gasteiger partial charge on any atom is 0.142 e. The summed E-state index contributed by atoms with van der Waals surface area (Å²) < 4.78 is 18.9. The number of phenols is 1. The molecule has 0 saturated carbocycles. The van der Waals surface area contributed by atoms with E-state index in [1.807, 2.05) is 32.0 Å². The topological polar surface area (TPSA) is 41.5 Å². The lowest BCUT2D eigenvalue weighted by molar-refractivity contribution is 0.318. The third-order valence-corrected chi connectivity index (χ3v) is 3.11. The van der Waals surface area contributed by atoms with E-state index in [1.165, 1.54) is 18.2 Å². The van der Waals surface area contributed by atoms with Gasteiger partial charge in [-0.3, -0.25) is 0 Å². The Balaban J connectivity index is 2.13. The van der Waals surface area contributed by atoms with Gasteiger partial charge >= 0.3 is 0 Å². The minimum Gasteiger partial charge on any atom is -0.508 e. The molecular formula is C17H20FNO2. The van der Waals surface area contributed by atoms with E-state index in [1.54, 1.807) is 0 Å². The van der Waals surface area contributed by atoms with E-state index in [-0.39, 0.29) is 11.6 Å². The van der Waals surface area contributed by atoms with Crippen LogP contribution in [-0.2, 0) is 6.54 Å². The van der Waals surface area contributed by atoms with E-state index >= 15 is 0 Å². The molecule has 2 aromatic carbocycles. The zero-order chi connectivity index (χ0) is 15.2. The molecule has 0 aromatic heterocycles. The summed E-state index contributed by atoms with van der Waals surface area (Å²) in [5.74, 6) is 0.482. The zero-order valence-corrected chi connectivity index (χ0v) is 12.3. The average molecular weight is 289 g/mol. The Hall–Kier alpha value is -2.23. The van der Waals surface area contributed by atoms with Gasteiger partial charge in [0.05, 0.1) is 12.3 Å². The van der Waals surface area contributed by atoms with Crippen molar-refractivity contribution in [3.8, 4) is 11.5 Å². The zero-order valence-electron chi connectivity index (χ0n) is 12.3. The third-order valence-electron chi connectivity index (χ3n) is 3.11. The van der Waals surface area contributed by atoms with Crippen molar-refractivity contribution in [3.63, 3.8) is 0 Å². The molecule has 2 rings (SSSR count). The highest BCUT2D eigenvalue weighted by molar-refractivity contribution is 5.58. The highest BCUT2D eigenvalue weighted by Crippen LogP contribution is 2.27. The van der Waals surface area contributed by atoms with Crippen molar-refractivity contribution in [1.82, 2.24) is 0 Å². The molecule has 0 radical (unpaired) electrons. The first-order valence-electron chi connectivity index (χ1n) is 7.05. The van der Waals surface area contributed by atoms with Gasteiger partial charge < -0.3 is 15.2 Å². The summed E-state index contributed by atoms with van der Waals surface area (Å²) in [6.07, 6.45) is 0.929. The fourth-order valence-electron chi connectivity index (χ4n) is 1.99. The van der Waals surface area contributed by atoms with Gasteiger partial charge in [0.1, 0.15) is 17.3 Å². The SMILES string of the molecule is CCCOc1cc(C)ccc1NCc1cc(F)ccc1O. The number of rotatable bonds is 6. The maximum absolute atomic E-state index is 13.2. The Bertz CT molecular complexity index is 614. The normalized spacial score (nSPS) is 10.4. The Labute approximate surface area is 124 Å². The number of aryl methyl sites for hydroxylation is 1. The quantitative estimate of drug-likeness (QED) is 0.835. The molecule has 2 aromatic rings. The molecule has 0 aliphatic rings. The molecule has 112 valence electrons. The van der Waals surface area contributed by atoms with Crippen LogP contribution < -0.4 is 10.1 Å². The number of hydrogen-bond donors (Lipinski definition) is 2. The van der Waals surface area contributed by atoms with Crippen LogP contribution in [0.4, 0.5) is 10.1 Å². The van der Waals surface area contributed by atoms with Crippen LogP contribution in [0.1, 0.15) is 24.5 Å². The van der Waals surface area contributed by atoms with Gasteiger partial charge in [0.15, 0.2) is 0 Å². The molecule has 0 aliphatic heterocycles. The van der Waals surface area contributed by atoms with E-state index in [4.69, 9.17) is 4.74 Å². The summed E-state index contributed by atoms with van der Waals surface area (Å²) in [7, 11) is 0. The molecule has 0 fully saturated rings. The number of benzene rings is 2. The molecule has 0 unspecified atom stereocenters. The lowest BCUT2D eigenvalue weighted by Gasteiger charge is -2.14. The predicted molar refractivity (Wildman–Crippen MR) is 82.4 cm³/mol. The number of ether oxygens (including phenoxy) is 1. The first kappa shape index (κ1) is 15.2. The standard InChI is InChI=1S/C17H20FNO2/c1-3-8-21-17-9-12(2)4-6-15(17)19-11-13-10-14(18)5-7-16(13)20/h4-7,9-10,19-20H,3,8,11H2,1-2H3. The molecule has 21 heavy (non-hydrogen) atoms. The van der Waals surface area contributed by atoms with E-state index in [0.29, 0.717) is 18.7 Å². The van der Waals surface area contributed by atoms with Crippen molar-refractivity contribution < 1.29 is 14.2 Å². The van der Waals surface area contributed by atoms with Crippen LogP contribution in [0, 0.1) is 12.7 Å². The van der Waals surface area contributed by atoms with Crippen molar-refractivity contribution in [3.05, 3.63) is 53.3 Å². The van der Waals surface area contributed by atoms with E-state index in [0.717, 1.165) is 23.4 Å². The number of aromatic hydroxyl groups is 1. The number of hydrogen-bond acceptors (Lipinski definition) is 3. The fraction of sp³-hybridized carbons (Fsp3) is 0.294. The van der Waals surface area contributed by atoms with Crippen LogP contribution in [0.3, 0.4) is 0 Å². The minimum atomic E-state index is -0.365. The number of nitrogens with one attached hydrogen (secondary N) is 1. The Morgan fingerprint density at radius 2 is 2.00 bits per heavy atom. The Morgan fingerprint density at radius 3 is 2.76 bits per heavy atom. The highest BCUT2D eigenvalue weighted by atomic mass is 19.1. The van der Waals surface area contributed by atoms with E-state index in [2.05, 4.69) is 5.32 Å². The number of anilines is 1. The predicted octanol–water partition coefficient (Wildman–Crippen LogP) is 4.24. The summed E-state index contributed by atoms with van der Waals surface area (Å²) >= 11 is 0. The summed E-state index contributed by atoms with van der Waals surface area (Å²) in [5, 5.41) is 12.9. The van der Waals surface area contributed by atoms with Gasteiger partial charge in [0.25, 0.3) is 0 Å². The van der Waals surface area contributed by atoms with Gasteiger partial charge in [0, 0.05) is 12.1 Å². The smallest absolute Gasteiger partial charge is 0.142 e. The molecule has 0 bridgehead atoms. The van der Waals surface area contributed by atoms with E-state index < -0.39 is 0 Å². The first-order valence-corrected chi connectivity index (χ1v) is 7.05. The van der Waals surface area contributed by atoms with Gasteiger partial charge in [-0.1, -0.05) is 13.0 Å². The first-order chi connectivity index (χ1) is 10.1. The Morgan fingerprint density at radius 1 is 1.19 bits per heavy atom. The molecule has 0 saturated heterocycles. The van der Waals surface area contributed by atoms with Gasteiger partial charge in [-0.25, -0.2) is 4.39 Å². The van der Waals surface area contributed by atoms with E-state index in [9.17, 15) is 9.50 Å². The summed E-state index contributed by atoms with van der Waals surface area (Å²) in [5.41, 5.74) is 2.45. The van der Waals surface area contributed by atoms with Crippen molar-refractivity contribution in [2.45, 2.75) is 26.8 Å². The van der Waals surface area contributed by atoms with Gasteiger partial charge in [-0.2, -0.15) is 0 Å². The minimum absolute atomic E-state index is 0.0760. The highest BCUT2D eigenvalue weighted by Gasteiger charge is 2.07. The molecule has 2 N–H and O–H groups in total. The Kier molecular flexibility index (Phi) is 5.04. The number of halogens is 1. The second-order valence-electron chi connectivity index (χ2n) is 4.97. The monoisotopic (exact) mass is 289 g/mol. The second-order valence-corrected chi connectivity index (χ2v) is 4.97. The molecule has 0 aliphatic carbocycles. The van der Waals surface area contributed by atoms with Gasteiger partial charge in [0.2, 0.25) is 0 Å².